The Labute approximate surface area is 162 Å². The zero-order chi connectivity index (χ0) is 18.5. The van der Waals surface area contributed by atoms with Crippen molar-refractivity contribution in [2.45, 2.75) is 45.3 Å². The Kier molecular flexibility index (Phi) is 8.34. The summed E-state index contributed by atoms with van der Waals surface area (Å²) in [5.74, 6) is 0.519. The monoisotopic (exact) mass is 386 g/mol. The molecule has 1 aromatic carbocycles. The van der Waals surface area contributed by atoms with Crippen LogP contribution in [0.5, 0.6) is 5.75 Å². The van der Waals surface area contributed by atoms with Crippen molar-refractivity contribution in [1.82, 2.24) is 0 Å². The summed E-state index contributed by atoms with van der Waals surface area (Å²) >= 11 is 0. The molecule has 1 fully saturated rings. The number of nitrogens with two attached hydrogens (primary N) is 1. The van der Waals surface area contributed by atoms with Gasteiger partial charge < -0.3 is 25.3 Å². The second-order valence-electron chi connectivity index (χ2n) is 7.02. The second kappa shape index (κ2) is 9.55. The summed E-state index contributed by atoms with van der Waals surface area (Å²) in [5.41, 5.74) is 5.73. The summed E-state index contributed by atoms with van der Waals surface area (Å²) in [5, 5.41) is 2.92. The molecule has 3 N–H and O–H groups in total. The van der Waals surface area contributed by atoms with E-state index >= 15 is 0 Å². The molecule has 148 valence electrons. The summed E-state index contributed by atoms with van der Waals surface area (Å²) in [4.78, 5) is 12.7. The summed E-state index contributed by atoms with van der Waals surface area (Å²) < 4.78 is 16.3. The number of halogens is 1. The van der Waals surface area contributed by atoms with Gasteiger partial charge >= 0.3 is 0 Å². The fourth-order valence-corrected chi connectivity index (χ4v) is 3.12. The highest BCUT2D eigenvalue weighted by Gasteiger charge is 2.62. The van der Waals surface area contributed by atoms with Crippen molar-refractivity contribution < 1.29 is 19.0 Å². The Hall–Kier alpha value is -1.34. The minimum absolute atomic E-state index is 0. The minimum atomic E-state index is -0.942. The molecule has 1 aliphatic carbocycles. The first kappa shape index (κ1) is 22.7. The van der Waals surface area contributed by atoms with E-state index < -0.39 is 11.0 Å². The van der Waals surface area contributed by atoms with Crippen LogP contribution in [0.2, 0.25) is 0 Å². The molecular formula is C19H31ClN2O4. The van der Waals surface area contributed by atoms with Crippen molar-refractivity contribution in [2.75, 3.05) is 32.2 Å². The fraction of sp³-hybridized carbons (Fsp3) is 0.632. The smallest absolute Gasteiger partial charge is 0.245 e. The van der Waals surface area contributed by atoms with Crippen LogP contribution in [-0.2, 0) is 14.3 Å². The zero-order valence-electron chi connectivity index (χ0n) is 16.0. The highest BCUT2D eigenvalue weighted by Crippen LogP contribution is 2.50. The maximum absolute atomic E-state index is 12.7. The molecule has 7 heteroatoms. The highest BCUT2D eigenvalue weighted by atomic mass is 35.5. The van der Waals surface area contributed by atoms with E-state index in [-0.39, 0.29) is 24.4 Å². The lowest BCUT2D eigenvalue weighted by Gasteiger charge is -2.57. The van der Waals surface area contributed by atoms with Gasteiger partial charge in [0, 0.05) is 50.3 Å². The van der Waals surface area contributed by atoms with Gasteiger partial charge in [0.25, 0.3) is 0 Å². The number of hydrogen-bond acceptors (Lipinski definition) is 5. The SMILES string of the molecule is CCOC1CC(N)(C(=O)Nc2cccc(OCCCOC)c2)C1(C)C.Cl. The van der Waals surface area contributed by atoms with E-state index in [1.165, 1.54) is 0 Å². The van der Waals surface area contributed by atoms with Crippen LogP contribution in [0.15, 0.2) is 24.3 Å². The number of hydrogen-bond donors (Lipinski definition) is 2. The maximum atomic E-state index is 12.7. The molecule has 2 atom stereocenters. The van der Waals surface area contributed by atoms with Crippen LogP contribution < -0.4 is 15.8 Å². The van der Waals surface area contributed by atoms with Crippen LogP contribution in [0.25, 0.3) is 0 Å². The van der Waals surface area contributed by atoms with Gasteiger partial charge in [-0.2, -0.15) is 0 Å². The molecule has 2 rings (SSSR count). The first-order chi connectivity index (χ1) is 11.8. The normalized spacial score (nSPS) is 23.5. The first-order valence-electron chi connectivity index (χ1n) is 8.79. The largest absolute Gasteiger partial charge is 0.493 e. The number of anilines is 1. The summed E-state index contributed by atoms with van der Waals surface area (Å²) in [7, 11) is 1.66. The van der Waals surface area contributed by atoms with Gasteiger partial charge in [-0.15, -0.1) is 12.4 Å². The molecule has 0 radical (unpaired) electrons. The molecule has 0 heterocycles. The van der Waals surface area contributed by atoms with Crippen LogP contribution in [0.4, 0.5) is 5.69 Å². The van der Waals surface area contributed by atoms with Crippen LogP contribution in [-0.4, -0.2) is 44.5 Å². The molecule has 26 heavy (non-hydrogen) atoms. The molecule has 2 unspecified atom stereocenters. The van der Waals surface area contributed by atoms with Crippen LogP contribution in [0.3, 0.4) is 0 Å². The van der Waals surface area contributed by atoms with E-state index in [4.69, 9.17) is 19.9 Å². The summed E-state index contributed by atoms with van der Waals surface area (Å²) in [6.45, 7) is 7.74. The van der Waals surface area contributed by atoms with Crippen LogP contribution in [0, 0.1) is 5.41 Å². The Balaban J connectivity index is 0.00000338. The van der Waals surface area contributed by atoms with Crippen molar-refractivity contribution in [3.05, 3.63) is 24.3 Å². The predicted molar refractivity (Wildman–Crippen MR) is 105 cm³/mol. The highest BCUT2D eigenvalue weighted by molar-refractivity contribution is 5.99. The van der Waals surface area contributed by atoms with Crippen molar-refractivity contribution in [1.29, 1.82) is 0 Å². The first-order valence-corrected chi connectivity index (χ1v) is 8.79. The predicted octanol–water partition coefficient (Wildman–Crippen LogP) is 2.99. The Bertz CT molecular complexity index is 597. The Morgan fingerprint density at radius 2 is 2.08 bits per heavy atom. The van der Waals surface area contributed by atoms with E-state index in [0.717, 1.165) is 6.42 Å². The van der Waals surface area contributed by atoms with Crippen LogP contribution in [0.1, 0.15) is 33.6 Å². The zero-order valence-corrected chi connectivity index (χ0v) is 16.9. The van der Waals surface area contributed by atoms with Gasteiger partial charge in [-0.05, 0) is 19.1 Å². The van der Waals surface area contributed by atoms with Gasteiger partial charge in [-0.1, -0.05) is 19.9 Å². The molecule has 1 aromatic rings. The molecule has 0 aromatic heterocycles. The minimum Gasteiger partial charge on any atom is -0.493 e. The molecule has 1 aliphatic rings. The molecule has 1 amide bonds. The number of carbonyl (C=O) groups excluding carboxylic acids is 1. The quantitative estimate of drug-likeness (QED) is 0.637. The standard InChI is InChI=1S/C19H30N2O4.ClH/c1-5-24-16-13-19(20,18(16,2)3)17(22)21-14-8-6-9-15(12-14)25-11-7-10-23-4;/h6,8-9,12,16H,5,7,10-11,13,20H2,1-4H3,(H,21,22);1H. The van der Waals surface area contributed by atoms with Gasteiger partial charge in [-0.3, -0.25) is 4.79 Å². The molecule has 0 spiro atoms. The fourth-order valence-electron chi connectivity index (χ4n) is 3.12. The lowest BCUT2D eigenvalue weighted by atomic mass is 9.54. The number of methoxy groups -OCH3 is 1. The third-order valence-corrected chi connectivity index (χ3v) is 5.09. The van der Waals surface area contributed by atoms with Crippen molar-refractivity contribution in [2.24, 2.45) is 11.1 Å². The van der Waals surface area contributed by atoms with Crippen molar-refractivity contribution >= 4 is 24.0 Å². The number of carbonyl (C=O) groups is 1. The lowest BCUT2D eigenvalue weighted by molar-refractivity contribution is -0.166. The van der Waals surface area contributed by atoms with Crippen molar-refractivity contribution in [3.63, 3.8) is 0 Å². The number of benzene rings is 1. The molecular weight excluding hydrogens is 356 g/mol. The van der Waals surface area contributed by atoms with Gasteiger partial charge in [0.2, 0.25) is 5.91 Å². The Morgan fingerprint density at radius 1 is 1.35 bits per heavy atom. The summed E-state index contributed by atoms with van der Waals surface area (Å²) in [6.07, 6.45) is 1.34. The molecule has 0 aliphatic heterocycles. The average Bonchev–Trinajstić information content (AvgIpc) is 2.58. The number of rotatable bonds is 9. The third-order valence-electron chi connectivity index (χ3n) is 5.09. The number of ether oxygens (including phenoxy) is 3. The van der Waals surface area contributed by atoms with Crippen LogP contribution >= 0.6 is 12.4 Å². The molecule has 0 bridgehead atoms. The molecule has 0 saturated heterocycles. The lowest BCUT2D eigenvalue weighted by Crippen LogP contribution is -2.74. The summed E-state index contributed by atoms with van der Waals surface area (Å²) in [6, 6.07) is 7.34. The van der Waals surface area contributed by atoms with Gasteiger partial charge in [0.15, 0.2) is 0 Å². The molecule has 1 saturated carbocycles. The van der Waals surface area contributed by atoms with E-state index in [2.05, 4.69) is 5.32 Å². The van der Waals surface area contributed by atoms with Gasteiger partial charge in [0.05, 0.1) is 12.7 Å². The van der Waals surface area contributed by atoms with Gasteiger partial charge in [0.1, 0.15) is 11.3 Å². The van der Waals surface area contributed by atoms with E-state index in [1.807, 2.05) is 39.0 Å². The van der Waals surface area contributed by atoms with Crippen molar-refractivity contribution in [3.8, 4) is 5.75 Å². The molecule has 6 nitrogen and oxygen atoms in total. The van der Waals surface area contributed by atoms with E-state index in [1.54, 1.807) is 13.2 Å². The topological polar surface area (TPSA) is 82.8 Å². The second-order valence-corrected chi connectivity index (χ2v) is 7.02. The number of nitrogens with one attached hydrogen (secondary N) is 1. The van der Waals surface area contributed by atoms with E-state index in [9.17, 15) is 4.79 Å². The Morgan fingerprint density at radius 3 is 2.69 bits per heavy atom. The number of amides is 1. The van der Waals surface area contributed by atoms with Gasteiger partial charge in [-0.25, -0.2) is 0 Å². The van der Waals surface area contributed by atoms with E-state index in [0.29, 0.717) is 37.7 Å². The third kappa shape index (κ3) is 4.68. The average molecular weight is 387 g/mol. The maximum Gasteiger partial charge on any atom is 0.245 e.